The molecule has 1 N–H and O–H groups in total. The first-order valence-corrected chi connectivity index (χ1v) is 7.43. The van der Waals surface area contributed by atoms with Gasteiger partial charge in [-0.05, 0) is 42.8 Å². The minimum atomic E-state index is -0.297. The molecule has 2 aromatic carbocycles. The van der Waals surface area contributed by atoms with E-state index in [0.29, 0.717) is 17.1 Å². The van der Waals surface area contributed by atoms with Crippen LogP contribution in [0, 0.1) is 0 Å². The Morgan fingerprint density at radius 3 is 2.55 bits per heavy atom. The number of rotatable bonds is 3. The fourth-order valence-electron chi connectivity index (χ4n) is 1.99. The second-order valence-electron chi connectivity index (χ2n) is 4.71. The number of nitrogens with zero attached hydrogens (tertiary/aromatic N) is 1. The molecule has 6 heteroatoms. The maximum absolute atomic E-state index is 12.1. The molecule has 0 bridgehead atoms. The van der Waals surface area contributed by atoms with Crippen molar-refractivity contribution in [2.75, 3.05) is 6.79 Å². The molecule has 1 amide bonds. The monoisotopic (exact) mass is 360 g/mol. The number of hydrazone groups is 1. The van der Waals surface area contributed by atoms with Gasteiger partial charge < -0.3 is 9.47 Å². The number of fused-ring (bicyclic) bond motifs is 1. The molecule has 0 atom stereocenters. The third-order valence-corrected chi connectivity index (χ3v) is 3.75. The van der Waals surface area contributed by atoms with Gasteiger partial charge in [-0.15, -0.1) is 0 Å². The summed E-state index contributed by atoms with van der Waals surface area (Å²) in [5.74, 6) is 0.919. The van der Waals surface area contributed by atoms with E-state index in [2.05, 4.69) is 26.5 Å². The largest absolute Gasteiger partial charge is 0.454 e. The van der Waals surface area contributed by atoms with E-state index in [-0.39, 0.29) is 12.7 Å². The van der Waals surface area contributed by atoms with Gasteiger partial charge in [0.1, 0.15) is 0 Å². The number of hydrogen-bond donors (Lipinski definition) is 1. The van der Waals surface area contributed by atoms with Crippen LogP contribution in [-0.4, -0.2) is 18.4 Å². The lowest BCUT2D eigenvalue weighted by Crippen LogP contribution is -2.19. The van der Waals surface area contributed by atoms with Gasteiger partial charge >= 0.3 is 0 Å². The minimum absolute atomic E-state index is 0.182. The number of benzene rings is 2. The molecule has 0 aliphatic carbocycles. The number of carbonyl (C=O) groups is 1. The molecule has 0 unspecified atom stereocenters. The molecule has 3 rings (SSSR count). The number of carbonyl (C=O) groups excluding carboxylic acids is 1. The van der Waals surface area contributed by atoms with Crippen LogP contribution in [0.3, 0.4) is 0 Å². The van der Waals surface area contributed by atoms with Crippen LogP contribution in [0.2, 0.25) is 0 Å². The normalized spacial score (nSPS) is 13.1. The fourth-order valence-corrected chi connectivity index (χ4v) is 2.26. The minimum Gasteiger partial charge on any atom is -0.454 e. The molecule has 1 aliphatic rings. The van der Waals surface area contributed by atoms with Crippen LogP contribution in [0.15, 0.2) is 52.0 Å². The zero-order valence-corrected chi connectivity index (χ0v) is 13.4. The van der Waals surface area contributed by atoms with Crippen molar-refractivity contribution >= 4 is 27.5 Å². The van der Waals surface area contributed by atoms with Crippen LogP contribution in [0.5, 0.6) is 11.5 Å². The number of amides is 1. The molecule has 0 radical (unpaired) electrons. The Hall–Kier alpha value is -2.34. The summed E-state index contributed by atoms with van der Waals surface area (Å²) in [6.45, 7) is 2.02. The topological polar surface area (TPSA) is 59.9 Å². The Balaban J connectivity index is 1.71. The molecule has 1 heterocycles. The first kappa shape index (κ1) is 14.6. The van der Waals surface area contributed by atoms with Gasteiger partial charge in [0.25, 0.3) is 5.91 Å². The average molecular weight is 361 g/mol. The number of halogens is 1. The van der Waals surface area contributed by atoms with Gasteiger partial charge in [-0.1, -0.05) is 28.1 Å². The van der Waals surface area contributed by atoms with E-state index in [1.54, 1.807) is 18.2 Å². The van der Waals surface area contributed by atoms with Crippen LogP contribution < -0.4 is 14.9 Å². The smallest absolute Gasteiger partial charge is 0.271 e. The summed E-state index contributed by atoms with van der Waals surface area (Å²) in [6, 6.07) is 12.7. The summed E-state index contributed by atoms with van der Waals surface area (Å²) in [5.41, 5.74) is 4.68. The van der Waals surface area contributed by atoms with Crippen LogP contribution in [0.1, 0.15) is 22.8 Å². The predicted octanol–water partition coefficient (Wildman–Crippen LogP) is 3.33. The Kier molecular flexibility index (Phi) is 4.11. The van der Waals surface area contributed by atoms with Crippen molar-refractivity contribution in [2.24, 2.45) is 5.10 Å². The second-order valence-corrected chi connectivity index (χ2v) is 5.63. The van der Waals surface area contributed by atoms with E-state index in [4.69, 9.17) is 9.47 Å². The van der Waals surface area contributed by atoms with E-state index in [1.165, 1.54) is 0 Å². The second kappa shape index (κ2) is 6.19. The molecular weight excluding hydrogens is 348 g/mol. The predicted molar refractivity (Wildman–Crippen MR) is 86.4 cm³/mol. The quantitative estimate of drug-likeness (QED) is 0.674. The van der Waals surface area contributed by atoms with Crippen molar-refractivity contribution in [2.45, 2.75) is 6.92 Å². The van der Waals surface area contributed by atoms with E-state index >= 15 is 0 Å². The first-order valence-electron chi connectivity index (χ1n) is 6.64. The highest BCUT2D eigenvalue weighted by Crippen LogP contribution is 2.32. The Labute approximate surface area is 136 Å². The molecular formula is C16H13BrN2O3. The van der Waals surface area contributed by atoms with E-state index in [0.717, 1.165) is 15.7 Å². The van der Waals surface area contributed by atoms with Gasteiger partial charge in [-0.2, -0.15) is 5.10 Å². The maximum atomic E-state index is 12.1. The van der Waals surface area contributed by atoms with Crippen molar-refractivity contribution in [1.29, 1.82) is 0 Å². The lowest BCUT2D eigenvalue weighted by atomic mass is 10.1. The maximum Gasteiger partial charge on any atom is 0.271 e. The van der Waals surface area contributed by atoms with Crippen molar-refractivity contribution < 1.29 is 14.3 Å². The Morgan fingerprint density at radius 1 is 1.09 bits per heavy atom. The third kappa shape index (κ3) is 3.12. The van der Waals surface area contributed by atoms with Crippen molar-refractivity contribution in [3.05, 3.63) is 58.1 Å². The molecule has 0 spiro atoms. The molecule has 22 heavy (non-hydrogen) atoms. The van der Waals surface area contributed by atoms with Crippen molar-refractivity contribution in [3.63, 3.8) is 0 Å². The van der Waals surface area contributed by atoms with Crippen LogP contribution >= 0.6 is 15.9 Å². The van der Waals surface area contributed by atoms with Crippen molar-refractivity contribution in [3.8, 4) is 11.5 Å². The summed E-state index contributed by atoms with van der Waals surface area (Å²) in [7, 11) is 0. The Morgan fingerprint density at radius 2 is 1.77 bits per heavy atom. The van der Waals surface area contributed by atoms with Crippen LogP contribution in [-0.2, 0) is 0 Å². The summed E-state index contributed by atoms with van der Waals surface area (Å²) in [5, 5.41) is 4.12. The number of nitrogens with one attached hydrogen (secondary N) is 1. The zero-order chi connectivity index (χ0) is 15.5. The third-order valence-electron chi connectivity index (χ3n) is 3.22. The molecule has 1 aliphatic heterocycles. The molecule has 2 aromatic rings. The summed E-state index contributed by atoms with van der Waals surface area (Å²) < 4.78 is 11.5. The highest BCUT2D eigenvalue weighted by atomic mass is 79.9. The highest BCUT2D eigenvalue weighted by molar-refractivity contribution is 9.10. The van der Waals surface area contributed by atoms with Gasteiger partial charge in [0.2, 0.25) is 6.79 Å². The molecule has 0 aromatic heterocycles. The molecule has 0 fully saturated rings. The van der Waals surface area contributed by atoms with Crippen LogP contribution in [0.25, 0.3) is 0 Å². The summed E-state index contributed by atoms with van der Waals surface area (Å²) in [4.78, 5) is 12.1. The standard InChI is InChI=1S/C16H13BrN2O3/c1-10(11-2-5-13(17)6-3-11)18-19-16(20)12-4-7-14-15(8-12)22-9-21-14/h2-8H,9H2,1H3,(H,19,20)/b18-10-. The SMILES string of the molecule is C/C(=N/NC(=O)c1ccc2c(c1)OCO2)c1ccc(Br)cc1. The van der Waals surface area contributed by atoms with Gasteiger partial charge in [-0.25, -0.2) is 5.43 Å². The van der Waals surface area contributed by atoms with E-state index in [9.17, 15) is 4.79 Å². The number of ether oxygens (including phenoxy) is 2. The van der Waals surface area contributed by atoms with Gasteiger partial charge in [-0.3, -0.25) is 4.79 Å². The van der Waals surface area contributed by atoms with E-state index < -0.39 is 0 Å². The molecule has 5 nitrogen and oxygen atoms in total. The number of hydrogen-bond acceptors (Lipinski definition) is 4. The fraction of sp³-hybridized carbons (Fsp3) is 0.125. The first-order chi connectivity index (χ1) is 10.6. The molecule has 0 saturated carbocycles. The summed E-state index contributed by atoms with van der Waals surface area (Å²) in [6.07, 6.45) is 0. The zero-order valence-electron chi connectivity index (χ0n) is 11.8. The molecule has 112 valence electrons. The van der Waals surface area contributed by atoms with Gasteiger partial charge in [0, 0.05) is 10.0 Å². The van der Waals surface area contributed by atoms with Gasteiger partial charge in [0.15, 0.2) is 11.5 Å². The van der Waals surface area contributed by atoms with E-state index in [1.807, 2.05) is 31.2 Å². The van der Waals surface area contributed by atoms with Crippen LogP contribution in [0.4, 0.5) is 0 Å². The lowest BCUT2D eigenvalue weighted by Gasteiger charge is -2.04. The lowest BCUT2D eigenvalue weighted by molar-refractivity contribution is 0.0954. The average Bonchev–Trinajstić information content (AvgIpc) is 3.00. The Bertz CT molecular complexity index is 742. The summed E-state index contributed by atoms with van der Waals surface area (Å²) >= 11 is 3.38. The molecule has 0 saturated heterocycles. The highest BCUT2D eigenvalue weighted by Gasteiger charge is 2.16. The van der Waals surface area contributed by atoms with Crippen molar-refractivity contribution in [1.82, 2.24) is 5.43 Å². The van der Waals surface area contributed by atoms with Gasteiger partial charge in [0.05, 0.1) is 5.71 Å².